The van der Waals surface area contributed by atoms with Crippen LogP contribution < -0.4 is 8.97 Å². The van der Waals surface area contributed by atoms with Gasteiger partial charge in [-0.1, -0.05) is 43.7 Å². The van der Waals surface area contributed by atoms with Crippen molar-refractivity contribution in [2.45, 2.75) is 79.9 Å². The van der Waals surface area contributed by atoms with Crippen LogP contribution in [0, 0.1) is 26.7 Å². The van der Waals surface area contributed by atoms with Crippen LogP contribution in [0.4, 0.5) is 11.4 Å². The topological polar surface area (TPSA) is 0 Å². The van der Waals surface area contributed by atoms with Crippen molar-refractivity contribution < 1.29 is 26.9 Å². The van der Waals surface area contributed by atoms with Crippen molar-refractivity contribution in [2.24, 2.45) is 5.92 Å². The van der Waals surface area contributed by atoms with Crippen molar-refractivity contribution in [1.82, 2.24) is 8.97 Å². The van der Waals surface area contributed by atoms with Gasteiger partial charge in [0.15, 0.2) is 0 Å². The van der Waals surface area contributed by atoms with Gasteiger partial charge in [-0.3, -0.25) is 8.97 Å². The van der Waals surface area contributed by atoms with E-state index >= 15 is 0 Å². The molecule has 1 saturated heterocycles. The Kier molecular flexibility index (Phi) is 25.3. The van der Waals surface area contributed by atoms with E-state index in [4.69, 9.17) is 0 Å². The Balaban J connectivity index is 0.000000833. The first kappa shape index (κ1) is 63.3. The zero-order valence-electron chi connectivity index (χ0n) is 49.4. The molecule has 0 aromatic heterocycles. The predicted molar refractivity (Wildman–Crippen MR) is 298 cm³/mol. The van der Waals surface area contributed by atoms with Crippen LogP contribution in [0.15, 0.2) is 60.7 Å². The summed E-state index contributed by atoms with van der Waals surface area (Å²) in [5.41, 5.74) is 11.3. The Hall–Kier alpha value is -2.66. The van der Waals surface area contributed by atoms with Gasteiger partial charge in [-0.15, -0.1) is 0 Å². The second-order valence-corrected chi connectivity index (χ2v) is 27.5. The van der Waals surface area contributed by atoms with E-state index in [1.54, 1.807) is 0 Å². The second-order valence-electron chi connectivity index (χ2n) is 27.5. The summed E-state index contributed by atoms with van der Waals surface area (Å²) in [4.78, 5) is 0. The first-order chi connectivity index (χ1) is 29.5. The van der Waals surface area contributed by atoms with Crippen LogP contribution in [0.1, 0.15) is 72.9 Å². The molecule has 0 bridgehead atoms. The van der Waals surface area contributed by atoms with Crippen LogP contribution in [0.25, 0.3) is 0 Å². The van der Waals surface area contributed by atoms with Gasteiger partial charge in [-0.2, -0.15) is 0 Å². The van der Waals surface area contributed by atoms with Crippen molar-refractivity contribution in [3.8, 4) is 0 Å². The summed E-state index contributed by atoms with van der Waals surface area (Å²) in [5.74, 6) is 0.796. The molecule has 3 aromatic rings. The summed E-state index contributed by atoms with van der Waals surface area (Å²) in [6.45, 7) is 21.2. The molecule has 0 N–H and O–H groups in total. The van der Waals surface area contributed by atoms with Gasteiger partial charge in [-0.05, 0) is 87.9 Å². The minimum absolute atomic E-state index is 0.796. The lowest BCUT2D eigenvalue weighted by Crippen LogP contribution is -2.48. The standard InChI is InChI=1S/C19H38N3.C10H26N2.2C10H16N.C9H20N/c1-16-18(14-21(5,6)7)11-17(13-20(2,3)4)12-19(16)15-22(8,9)10;1-10(8-11(2,3)4)9-12(5,6)7;1-9-5-7-10(8-6-9)11(2,3)4;1-9-6-5-7-10(8-9)11(2,3)4;1-3-7-10(2)8-5-4-6-9-10/h11-12H,13-15H2,1-10H3;10H,8-9H2,1-7H3;2*5-8H,1-4H3;3-9H2,1-2H3/q+3;+2;3*+1. The van der Waals surface area contributed by atoms with E-state index < -0.39 is 0 Å². The zero-order chi connectivity index (χ0) is 51.8. The van der Waals surface area contributed by atoms with E-state index in [9.17, 15) is 0 Å². The fourth-order valence-electron chi connectivity index (χ4n) is 8.91. The highest BCUT2D eigenvalue weighted by molar-refractivity contribution is 5.44. The van der Waals surface area contributed by atoms with Crippen molar-refractivity contribution in [3.63, 3.8) is 0 Å². The molecule has 4 rings (SSSR count). The van der Waals surface area contributed by atoms with E-state index in [0.717, 1.165) is 56.9 Å². The molecule has 0 saturated carbocycles. The predicted octanol–water partition coefficient (Wildman–Crippen LogP) is 10.1. The van der Waals surface area contributed by atoms with Gasteiger partial charge in [0, 0.05) is 22.8 Å². The summed E-state index contributed by atoms with van der Waals surface area (Å²) in [5, 5.41) is 0. The molecule has 380 valence electrons. The van der Waals surface area contributed by atoms with Gasteiger partial charge in [0.1, 0.15) is 31.0 Å². The number of hydrogen-bond donors (Lipinski definition) is 0. The van der Waals surface area contributed by atoms with Gasteiger partial charge < -0.3 is 26.9 Å². The number of rotatable bonds is 14. The third kappa shape index (κ3) is 31.4. The minimum Gasteiger partial charge on any atom is -0.331 e. The molecule has 3 aromatic carbocycles. The summed E-state index contributed by atoms with van der Waals surface area (Å²) in [7, 11) is 49.4. The minimum atomic E-state index is 0.796. The van der Waals surface area contributed by atoms with E-state index in [0.29, 0.717) is 0 Å². The number of likely N-dealkylation sites (tertiary alicyclic amines) is 1. The lowest BCUT2D eigenvalue weighted by atomic mass is 9.96. The maximum absolute atomic E-state index is 2.43. The number of piperidine rings is 1. The normalized spacial score (nSPS) is 14.7. The van der Waals surface area contributed by atoms with Crippen molar-refractivity contribution in [3.05, 3.63) is 94.0 Å². The molecule has 0 radical (unpaired) electrons. The van der Waals surface area contributed by atoms with Crippen LogP contribution in [-0.2, 0) is 19.6 Å². The maximum atomic E-state index is 2.43. The number of aryl methyl sites for hydroxylation is 2. The molecule has 66 heavy (non-hydrogen) atoms. The second kappa shape index (κ2) is 26.4. The SMILES string of the molecule is CC(C[N+](C)(C)C)C[N+](C)(C)C.CCC[N+]1(C)CCCCC1.Cc1c(C[N+](C)(C)C)cc(C[N+](C)(C)C)cc1C[N+](C)(C)C.Cc1ccc([N+](C)(C)C)cc1.Cc1cccc([N+](C)(C)C)c1. The monoisotopic (exact) mass is 925 g/mol. The van der Waals surface area contributed by atoms with Crippen molar-refractivity contribution in [1.29, 1.82) is 0 Å². The summed E-state index contributed by atoms with van der Waals surface area (Å²) < 4.78 is 8.18. The molecule has 1 heterocycles. The number of nitrogens with zero attached hydrogens (tertiary/aromatic N) is 8. The molecule has 0 aliphatic carbocycles. The Morgan fingerprint density at radius 3 is 1.20 bits per heavy atom. The van der Waals surface area contributed by atoms with Gasteiger partial charge in [0.2, 0.25) is 0 Å². The first-order valence-electron chi connectivity index (χ1n) is 25.3. The van der Waals surface area contributed by atoms with Crippen LogP contribution in [0.5, 0.6) is 0 Å². The molecule has 8 nitrogen and oxygen atoms in total. The van der Waals surface area contributed by atoms with Gasteiger partial charge in [-0.25, -0.2) is 0 Å². The lowest BCUT2D eigenvalue weighted by Gasteiger charge is -2.37. The average Bonchev–Trinajstić information content (AvgIpc) is 3.08. The van der Waals surface area contributed by atoms with E-state index in [1.165, 1.54) is 108 Å². The zero-order valence-corrected chi connectivity index (χ0v) is 49.4. The largest absolute Gasteiger partial charge is 0.331 e. The molecule has 8 heteroatoms. The molecule has 0 amide bonds. The number of quaternary nitrogens is 8. The average molecular weight is 926 g/mol. The lowest BCUT2D eigenvalue weighted by molar-refractivity contribution is -0.914. The van der Waals surface area contributed by atoms with Gasteiger partial charge in [0.05, 0.1) is 194 Å². The number of benzene rings is 3. The molecule has 1 aliphatic heterocycles. The fourth-order valence-corrected chi connectivity index (χ4v) is 8.91. The van der Waals surface area contributed by atoms with Crippen LogP contribution >= 0.6 is 0 Å². The van der Waals surface area contributed by atoms with Crippen LogP contribution in [0.2, 0.25) is 0 Å². The highest BCUT2D eigenvalue weighted by Crippen LogP contribution is 2.24. The Bertz CT molecular complexity index is 1730. The summed E-state index contributed by atoms with van der Waals surface area (Å²) >= 11 is 0. The first-order valence-corrected chi connectivity index (χ1v) is 25.3. The molecule has 0 spiro atoms. The smallest absolute Gasteiger partial charge is 0.132 e. The molecule has 0 atom stereocenters. The third-order valence-corrected chi connectivity index (χ3v) is 11.6. The van der Waals surface area contributed by atoms with E-state index in [-0.39, 0.29) is 0 Å². The van der Waals surface area contributed by atoms with Crippen molar-refractivity contribution >= 4 is 11.4 Å². The van der Waals surface area contributed by atoms with Gasteiger partial charge in [0.25, 0.3) is 0 Å². The molecular formula is C58H116N8+8. The van der Waals surface area contributed by atoms with Crippen molar-refractivity contribution in [2.75, 3.05) is 188 Å². The number of hydrogen-bond acceptors (Lipinski definition) is 0. The third-order valence-electron chi connectivity index (χ3n) is 11.6. The highest BCUT2D eigenvalue weighted by Gasteiger charge is 2.24. The Morgan fingerprint density at radius 2 is 0.879 bits per heavy atom. The maximum Gasteiger partial charge on any atom is 0.132 e. The quantitative estimate of drug-likeness (QED) is 0.141. The van der Waals surface area contributed by atoms with Gasteiger partial charge >= 0.3 is 0 Å². The fraction of sp³-hybridized carbons (Fsp3) is 0.690. The van der Waals surface area contributed by atoms with Crippen LogP contribution in [-0.4, -0.2) is 215 Å². The van der Waals surface area contributed by atoms with Crippen LogP contribution in [0.3, 0.4) is 0 Å². The Labute approximate surface area is 413 Å². The molecule has 0 unspecified atom stereocenters. The molecule has 1 fully saturated rings. The van der Waals surface area contributed by atoms with E-state index in [1.807, 2.05) is 0 Å². The summed E-state index contributed by atoms with van der Waals surface area (Å²) in [6.07, 6.45) is 5.72. The summed E-state index contributed by atoms with van der Waals surface area (Å²) in [6, 6.07) is 22.1. The molecular weight excluding hydrogens is 809 g/mol. The highest BCUT2D eigenvalue weighted by atomic mass is 15.3. The van der Waals surface area contributed by atoms with E-state index in [2.05, 4.69) is 250 Å². The Morgan fingerprint density at radius 1 is 0.470 bits per heavy atom. The molecule has 1 aliphatic rings.